The van der Waals surface area contributed by atoms with E-state index in [9.17, 15) is 17.6 Å². The zero-order valence-corrected chi connectivity index (χ0v) is 7.15. The molecule has 0 saturated carbocycles. The molecule has 1 aromatic rings. The molecule has 0 heterocycles. The monoisotopic (exact) mass is 209 g/mol. The molecule has 0 bridgehead atoms. The number of hydrogen-bond donors (Lipinski definition) is 1. The molecule has 0 atom stereocenters. The summed E-state index contributed by atoms with van der Waals surface area (Å²) in [6.45, 7) is 0. The number of benzene rings is 1. The van der Waals surface area contributed by atoms with Crippen molar-refractivity contribution in [1.82, 2.24) is 0 Å². The number of nitrogen functional groups attached to an aromatic ring is 1. The molecule has 0 spiro atoms. The summed E-state index contributed by atoms with van der Waals surface area (Å²) in [5.41, 5.74) is 3.56. The highest BCUT2D eigenvalue weighted by atomic mass is 19.4. The molecule has 0 saturated heterocycles. The number of hydrogen-bond acceptors (Lipinski definition) is 2. The van der Waals surface area contributed by atoms with Crippen LogP contribution in [-0.2, 0) is 6.18 Å². The third kappa shape index (κ3) is 1.89. The van der Waals surface area contributed by atoms with Gasteiger partial charge in [-0.25, -0.2) is 4.39 Å². The summed E-state index contributed by atoms with van der Waals surface area (Å²) in [7, 11) is 1.19. The normalized spacial score (nSPS) is 11.5. The topological polar surface area (TPSA) is 35.2 Å². The van der Waals surface area contributed by atoms with E-state index < -0.39 is 17.6 Å². The Kier molecular flexibility index (Phi) is 2.55. The summed E-state index contributed by atoms with van der Waals surface area (Å²) in [5, 5.41) is 0. The van der Waals surface area contributed by atoms with Crippen LogP contribution in [0, 0.1) is 5.82 Å². The third-order valence-corrected chi connectivity index (χ3v) is 1.62. The molecule has 0 fully saturated rings. The molecule has 2 N–H and O–H groups in total. The maximum atomic E-state index is 12.9. The maximum Gasteiger partial charge on any atom is 0.419 e. The van der Waals surface area contributed by atoms with E-state index in [2.05, 4.69) is 4.74 Å². The molecule has 78 valence electrons. The van der Waals surface area contributed by atoms with Crippen molar-refractivity contribution in [3.8, 4) is 5.75 Å². The second-order valence-electron chi connectivity index (χ2n) is 2.57. The van der Waals surface area contributed by atoms with Crippen LogP contribution in [0.4, 0.5) is 23.2 Å². The predicted molar refractivity (Wildman–Crippen MR) is 42.4 cm³/mol. The molecule has 0 unspecified atom stereocenters. The van der Waals surface area contributed by atoms with Crippen molar-refractivity contribution in [2.24, 2.45) is 0 Å². The summed E-state index contributed by atoms with van der Waals surface area (Å²) in [5.74, 6) is -1.51. The molecule has 0 aliphatic heterocycles. The van der Waals surface area contributed by atoms with E-state index in [4.69, 9.17) is 5.73 Å². The minimum atomic E-state index is -4.75. The van der Waals surface area contributed by atoms with E-state index in [1.165, 1.54) is 7.11 Å². The van der Waals surface area contributed by atoms with Crippen molar-refractivity contribution in [3.05, 3.63) is 23.5 Å². The van der Waals surface area contributed by atoms with Gasteiger partial charge in [-0.05, 0) is 6.07 Å². The molecule has 1 aromatic carbocycles. The van der Waals surface area contributed by atoms with Gasteiger partial charge in [0, 0.05) is 6.07 Å². The Morgan fingerprint density at radius 2 is 1.86 bits per heavy atom. The van der Waals surface area contributed by atoms with E-state index >= 15 is 0 Å². The molecule has 2 nitrogen and oxygen atoms in total. The summed E-state index contributed by atoms with van der Waals surface area (Å²) < 4.78 is 53.8. The summed E-state index contributed by atoms with van der Waals surface area (Å²) >= 11 is 0. The summed E-state index contributed by atoms with van der Waals surface area (Å²) in [6, 6.07) is 1.12. The van der Waals surface area contributed by atoms with Crippen LogP contribution in [0.25, 0.3) is 0 Å². The van der Waals surface area contributed by atoms with Gasteiger partial charge in [-0.2, -0.15) is 13.2 Å². The van der Waals surface area contributed by atoms with E-state index in [1.807, 2.05) is 0 Å². The molecule has 0 aliphatic rings. The van der Waals surface area contributed by atoms with Crippen LogP contribution < -0.4 is 10.5 Å². The number of nitrogens with two attached hydrogens (primary N) is 1. The van der Waals surface area contributed by atoms with Gasteiger partial charge in [0.05, 0.1) is 18.4 Å². The van der Waals surface area contributed by atoms with Crippen LogP contribution in [-0.4, -0.2) is 7.11 Å². The Bertz CT molecular complexity index is 348. The van der Waals surface area contributed by atoms with Crippen LogP contribution in [0.5, 0.6) is 5.75 Å². The Hall–Kier alpha value is -1.46. The van der Waals surface area contributed by atoms with Crippen molar-refractivity contribution in [2.75, 3.05) is 12.8 Å². The van der Waals surface area contributed by atoms with Gasteiger partial charge < -0.3 is 10.5 Å². The predicted octanol–water partition coefficient (Wildman–Crippen LogP) is 2.44. The lowest BCUT2D eigenvalue weighted by molar-refractivity contribution is -0.139. The van der Waals surface area contributed by atoms with Crippen molar-refractivity contribution in [2.45, 2.75) is 6.18 Å². The number of halogens is 4. The standard InChI is InChI=1S/C8H7F4NO/c1-14-7-3-5(9)4(2-6(7)13)8(10,11)12/h2-3H,13H2,1H3. The van der Waals surface area contributed by atoms with Gasteiger partial charge in [-0.3, -0.25) is 0 Å². The fourth-order valence-electron chi connectivity index (χ4n) is 0.966. The highest BCUT2D eigenvalue weighted by Crippen LogP contribution is 2.35. The highest BCUT2D eigenvalue weighted by Gasteiger charge is 2.34. The summed E-state index contributed by atoms with van der Waals surface area (Å²) in [4.78, 5) is 0. The fraction of sp³-hybridized carbons (Fsp3) is 0.250. The molecule has 0 aromatic heterocycles. The number of ether oxygens (including phenoxy) is 1. The van der Waals surface area contributed by atoms with E-state index in [0.717, 1.165) is 0 Å². The second-order valence-corrected chi connectivity index (χ2v) is 2.57. The Morgan fingerprint density at radius 3 is 2.29 bits per heavy atom. The Morgan fingerprint density at radius 1 is 1.29 bits per heavy atom. The van der Waals surface area contributed by atoms with Crippen LogP contribution in [0.15, 0.2) is 12.1 Å². The van der Waals surface area contributed by atoms with Gasteiger partial charge in [0.2, 0.25) is 0 Å². The molecule has 0 radical (unpaired) electrons. The molecule has 0 aliphatic carbocycles. The van der Waals surface area contributed by atoms with Crippen LogP contribution >= 0.6 is 0 Å². The van der Waals surface area contributed by atoms with E-state index in [-0.39, 0.29) is 11.4 Å². The minimum absolute atomic E-state index is 0.115. The van der Waals surface area contributed by atoms with Gasteiger partial charge in [0.25, 0.3) is 0 Å². The van der Waals surface area contributed by atoms with Crippen molar-refractivity contribution in [3.63, 3.8) is 0 Å². The smallest absolute Gasteiger partial charge is 0.419 e. The minimum Gasteiger partial charge on any atom is -0.494 e. The lowest BCUT2D eigenvalue weighted by Crippen LogP contribution is -2.09. The largest absolute Gasteiger partial charge is 0.494 e. The average molecular weight is 209 g/mol. The van der Waals surface area contributed by atoms with Crippen molar-refractivity contribution < 1.29 is 22.3 Å². The Labute approximate surface area is 77.3 Å². The summed E-state index contributed by atoms with van der Waals surface area (Å²) in [6.07, 6.45) is -4.75. The molecular weight excluding hydrogens is 202 g/mol. The number of alkyl halides is 3. The molecule has 0 amide bonds. The van der Waals surface area contributed by atoms with Gasteiger partial charge >= 0.3 is 6.18 Å². The lowest BCUT2D eigenvalue weighted by atomic mass is 10.1. The number of methoxy groups -OCH3 is 1. The first-order chi connectivity index (χ1) is 6.36. The average Bonchev–Trinajstić information content (AvgIpc) is 2.06. The van der Waals surface area contributed by atoms with Gasteiger partial charge in [-0.15, -0.1) is 0 Å². The highest BCUT2D eigenvalue weighted by molar-refractivity contribution is 5.55. The number of rotatable bonds is 1. The second kappa shape index (κ2) is 3.36. The SMILES string of the molecule is COc1cc(F)c(C(F)(F)F)cc1N. The zero-order valence-electron chi connectivity index (χ0n) is 7.15. The van der Waals surface area contributed by atoms with Crippen LogP contribution in [0.1, 0.15) is 5.56 Å². The Balaban J connectivity index is 3.29. The first kappa shape index (κ1) is 10.6. The first-order valence-corrected chi connectivity index (χ1v) is 3.56. The lowest BCUT2D eigenvalue weighted by Gasteiger charge is -2.11. The van der Waals surface area contributed by atoms with Crippen molar-refractivity contribution in [1.29, 1.82) is 0 Å². The molecule has 6 heteroatoms. The number of anilines is 1. The van der Waals surface area contributed by atoms with Gasteiger partial charge in [0.1, 0.15) is 11.6 Å². The van der Waals surface area contributed by atoms with Crippen LogP contribution in [0.3, 0.4) is 0 Å². The zero-order chi connectivity index (χ0) is 10.9. The van der Waals surface area contributed by atoms with E-state index in [0.29, 0.717) is 12.1 Å². The first-order valence-electron chi connectivity index (χ1n) is 3.56. The van der Waals surface area contributed by atoms with Gasteiger partial charge in [0.15, 0.2) is 0 Å². The van der Waals surface area contributed by atoms with E-state index in [1.54, 1.807) is 0 Å². The quantitative estimate of drug-likeness (QED) is 0.569. The van der Waals surface area contributed by atoms with Crippen molar-refractivity contribution >= 4 is 5.69 Å². The molecule has 14 heavy (non-hydrogen) atoms. The fourth-order valence-corrected chi connectivity index (χ4v) is 0.966. The van der Waals surface area contributed by atoms with Gasteiger partial charge in [-0.1, -0.05) is 0 Å². The molecular formula is C8H7F4NO. The van der Waals surface area contributed by atoms with Crippen LogP contribution in [0.2, 0.25) is 0 Å². The molecule has 1 rings (SSSR count). The maximum absolute atomic E-state index is 12.9. The third-order valence-electron chi connectivity index (χ3n) is 1.62.